The van der Waals surface area contributed by atoms with Crippen LogP contribution in [0, 0.1) is 0 Å². The highest BCUT2D eigenvalue weighted by Gasteiger charge is 2.25. The summed E-state index contributed by atoms with van der Waals surface area (Å²) in [5.74, 6) is 0. The number of aromatic nitrogens is 3. The first kappa shape index (κ1) is 13.1. The van der Waals surface area contributed by atoms with Gasteiger partial charge in [-0.05, 0) is 32.9 Å². The number of anilines is 1. The van der Waals surface area contributed by atoms with Crippen LogP contribution < -0.4 is 5.73 Å². The summed E-state index contributed by atoms with van der Waals surface area (Å²) in [6.07, 6.45) is 9.63. The Hall–Kier alpha value is -1.88. The van der Waals surface area contributed by atoms with Crippen molar-refractivity contribution in [3.63, 3.8) is 0 Å². The standard InChI is InChI=1S/C15H21N5/c1-11-7-12(4-6-19(11)2)20-10-18-9-15(20)13-8-17-5-3-14(13)16/h3,5,8-12H,4,6-7H2,1-2H3,(H2,16,17). The number of likely N-dealkylation sites (tertiary alicyclic amines) is 1. The molecular formula is C15H21N5. The highest BCUT2D eigenvalue weighted by atomic mass is 15.2. The van der Waals surface area contributed by atoms with Gasteiger partial charge in [0.25, 0.3) is 0 Å². The van der Waals surface area contributed by atoms with Crippen LogP contribution in [0.3, 0.4) is 0 Å². The molecule has 1 aliphatic rings. The Morgan fingerprint density at radius 3 is 2.90 bits per heavy atom. The lowest BCUT2D eigenvalue weighted by Crippen LogP contribution is -2.38. The van der Waals surface area contributed by atoms with Crippen LogP contribution in [0.5, 0.6) is 0 Å². The van der Waals surface area contributed by atoms with Crippen LogP contribution in [0.25, 0.3) is 11.3 Å². The smallest absolute Gasteiger partial charge is 0.0953 e. The minimum Gasteiger partial charge on any atom is -0.398 e. The number of imidazole rings is 1. The molecule has 2 N–H and O–H groups in total. The van der Waals surface area contributed by atoms with E-state index in [2.05, 4.69) is 33.4 Å². The molecule has 3 rings (SSSR count). The van der Waals surface area contributed by atoms with Crippen molar-refractivity contribution >= 4 is 5.69 Å². The molecule has 0 saturated carbocycles. The first-order valence-corrected chi connectivity index (χ1v) is 7.08. The Morgan fingerprint density at radius 2 is 2.15 bits per heavy atom. The van der Waals surface area contributed by atoms with E-state index >= 15 is 0 Å². The Kier molecular flexibility index (Phi) is 3.44. The molecule has 1 saturated heterocycles. The fourth-order valence-electron chi connectivity index (χ4n) is 2.94. The third-order valence-electron chi connectivity index (χ3n) is 4.37. The van der Waals surface area contributed by atoms with Crippen molar-refractivity contribution in [2.75, 3.05) is 19.3 Å². The maximum atomic E-state index is 6.07. The number of rotatable bonds is 2. The molecule has 1 fully saturated rings. The zero-order chi connectivity index (χ0) is 14.1. The zero-order valence-electron chi connectivity index (χ0n) is 12.0. The third kappa shape index (κ3) is 2.29. The number of hydrogen-bond acceptors (Lipinski definition) is 4. The maximum absolute atomic E-state index is 6.07. The SMILES string of the molecule is CC1CC(n2cncc2-c2cnccc2N)CCN1C. The molecule has 5 heteroatoms. The van der Waals surface area contributed by atoms with Gasteiger partial charge in [-0.1, -0.05) is 0 Å². The molecule has 2 atom stereocenters. The first-order chi connectivity index (χ1) is 9.66. The van der Waals surface area contributed by atoms with Gasteiger partial charge in [0.05, 0.1) is 18.2 Å². The average Bonchev–Trinajstić information content (AvgIpc) is 2.91. The zero-order valence-corrected chi connectivity index (χ0v) is 12.0. The van der Waals surface area contributed by atoms with Gasteiger partial charge in [0.1, 0.15) is 0 Å². The van der Waals surface area contributed by atoms with Gasteiger partial charge in [0.2, 0.25) is 0 Å². The average molecular weight is 271 g/mol. The third-order valence-corrected chi connectivity index (χ3v) is 4.37. The predicted molar refractivity (Wildman–Crippen MR) is 80.2 cm³/mol. The summed E-state index contributed by atoms with van der Waals surface area (Å²) in [6, 6.07) is 2.91. The van der Waals surface area contributed by atoms with Crippen molar-refractivity contribution in [3.8, 4) is 11.3 Å². The van der Waals surface area contributed by atoms with Crippen LogP contribution in [0.4, 0.5) is 5.69 Å². The Balaban J connectivity index is 1.93. The van der Waals surface area contributed by atoms with E-state index in [0.29, 0.717) is 12.1 Å². The van der Waals surface area contributed by atoms with Gasteiger partial charge < -0.3 is 15.2 Å². The topological polar surface area (TPSA) is 60.0 Å². The highest BCUT2D eigenvalue weighted by Crippen LogP contribution is 2.32. The minimum atomic E-state index is 0.485. The lowest BCUT2D eigenvalue weighted by molar-refractivity contribution is 0.157. The predicted octanol–water partition coefficient (Wildman–Crippen LogP) is 2.18. The summed E-state index contributed by atoms with van der Waals surface area (Å²) < 4.78 is 2.26. The molecule has 0 spiro atoms. The van der Waals surface area contributed by atoms with Crippen LogP contribution in [-0.4, -0.2) is 39.1 Å². The summed E-state index contributed by atoms with van der Waals surface area (Å²) in [5.41, 5.74) is 8.86. The van der Waals surface area contributed by atoms with E-state index in [1.54, 1.807) is 6.20 Å². The van der Waals surface area contributed by atoms with E-state index in [1.165, 1.54) is 0 Å². The van der Waals surface area contributed by atoms with Gasteiger partial charge in [-0.15, -0.1) is 0 Å². The molecule has 0 aromatic carbocycles. The molecule has 0 bridgehead atoms. The molecular weight excluding hydrogens is 250 g/mol. The van der Waals surface area contributed by atoms with E-state index in [-0.39, 0.29) is 0 Å². The van der Waals surface area contributed by atoms with Crippen molar-refractivity contribution < 1.29 is 0 Å². The van der Waals surface area contributed by atoms with Crippen LogP contribution in [0.1, 0.15) is 25.8 Å². The van der Waals surface area contributed by atoms with Crippen molar-refractivity contribution in [2.24, 2.45) is 0 Å². The molecule has 0 aliphatic carbocycles. The van der Waals surface area contributed by atoms with Crippen LogP contribution in [0.2, 0.25) is 0 Å². The fourth-order valence-corrected chi connectivity index (χ4v) is 2.94. The van der Waals surface area contributed by atoms with Gasteiger partial charge in [-0.2, -0.15) is 0 Å². The minimum absolute atomic E-state index is 0.485. The van der Waals surface area contributed by atoms with Crippen molar-refractivity contribution in [2.45, 2.75) is 31.8 Å². The van der Waals surface area contributed by atoms with E-state index in [1.807, 2.05) is 24.8 Å². The molecule has 0 amide bonds. The molecule has 3 heterocycles. The van der Waals surface area contributed by atoms with Gasteiger partial charge >= 0.3 is 0 Å². The second kappa shape index (κ2) is 5.25. The second-order valence-corrected chi connectivity index (χ2v) is 5.66. The molecule has 0 radical (unpaired) electrons. The summed E-state index contributed by atoms with van der Waals surface area (Å²) >= 11 is 0. The summed E-state index contributed by atoms with van der Waals surface area (Å²) in [7, 11) is 2.19. The number of hydrogen-bond donors (Lipinski definition) is 1. The molecule has 2 aromatic rings. The molecule has 2 aromatic heterocycles. The monoisotopic (exact) mass is 271 g/mol. The second-order valence-electron chi connectivity index (χ2n) is 5.66. The van der Waals surface area contributed by atoms with E-state index in [0.717, 1.165) is 36.3 Å². The molecule has 1 aliphatic heterocycles. The summed E-state index contributed by atoms with van der Waals surface area (Å²) in [4.78, 5) is 10.9. The van der Waals surface area contributed by atoms with Gasteiger partial charge in [0.15, 0.2) is 0 Å². The van der Waals surface area contributed by atoms with Crippen LogP contribution in [-0.2, 0) is 0 Å². The number of pyridine rings is 1. The first-order valence-electron chi connectivity index (χ1n) is 7.08. The normalized spacial score (nSPS) is 23.9. The summed E-state index contributed by atoms with van der Waals surface area (Å²) in [6.45, 7) is 3.40. The fraction of sp³-hybridized carbons (Fsp3) is 0.467. The number of nitrogens with two attached hydrogens (primary N) is 1. The van der Waals surface area contributed by atoms with E-state index in [9.17, 15) is 0 Å². The largest absolute Gasteiger partial charge is 0.398 e. The van der Waals surface area contributed by atoms with Crippen molar-refractivity contribution in [1.29, 1.82) is 0 Å². The van der Waals surface area contributed by atoms with Crippen molar-refractivity contribution in [1.82, 2.24) is 19.4 Å². The molecule has 106 valence electrons. The quantitative estimate of drug-likeness (QED) is 0.909. The van der Waals surface area contributed by atoms with Crippen LogP contribution in [0.15, 0.2) is 31.0 Å². The number of piperidine rings is 1. The van der Waals surface area contributed by atoms with E-state index < -0.39 is 0 Å². The molecule has 2 unspecified atom stereocenters. The maximum Gasteiger partial charge on any atom is 0.0953 e. The van der Waals surface area contributed by atoms with Crippen molar-refractivity contribution in [3.05, 3.63) is 31.0 Å². The molecule has 20 heavy (non-hydrogen) atoms. The van der Waals surface area contributed by atoms with Gasteiger partial charge in [0, 0.05) is 42.3 Å². The highest BCUT2D eigenvalue weighted by molar-refractivity contribution is 5.72. The van der Waals surface area contributed by atoms with Gasteiger partial charge in [-0.3, -0.25) is 4.98 Å². The number of nitrogen functional groups attached to an aromatic ring is 1. The number of nitrogens with zero attached hydrogens (tertiary/aromatic N) is 4. The molecule has 5 nitrogen and oxygen atoms in total. The summed E-state index contributed by atoms with van der Waals surface area (Å²) in [5, 5.41) is 0. The van der Waals surface area contributed by atoms with Crippen LogP contribution >= 0.6 is 0 Å². The Morgan fingerprint density at radius 1 is 1.30 bits per heavy atom. The van der Waals surface area contributed by atoms with E-state index in [4.69, 9.17) is 5.73 Å². The Bertz CT molecular complexity index is 591. The lowest BCUT2D eigenvalue weighted by Gasteiger charge is -2.36. The lowest BCUT2D eigenvalue weighted by atomic mass is 9.98. The Labute approximate surface area is 119 Å². The van der Waals surface area contributed by atoms with Gasteiger partial charge in [-0.25, -0.2) is 4.98 Å².